The summed E-state index contributed by atoms with van der Waals surface area (Å²) in [5, 5.41) is 1.27. The van der Waals surface area contributed by atoms with Crippen molar-refractivity contribution in [2.75, 3.05) is 19.6 Å². The molecule has 19 heavy (non-hydrogen) atoms. The first-order valence-electron chi connectivity index (χ1n) is 6.87. The minimum Gasteiger partial charge on any atom is -0.461 e. The molecule has 0 aliphatic carbocycles. The van der Waals surface area contributed by atoms with Crippen LogP contribution >= 0.6 is 12.4 Å². The van der Waals surface area contributed by atoms with Crippen LogP contribution in [0.4, 0.5) is 0 Å². The Morgan fingerprint density at radius 3 is 2.42 bits per heavy atom. The van der Waals surface area contributed by atoms with Gasteiger partial charge in [-0.05, 0) is 44.5 Å². The van der Waals surface area contributed by atoms with Crippen LogP contribution in [-0.4, -0.2) is 24.5 Å². The summed E-state index contributed by atoms with van der Waals surface area (Å²) in [5.74, 6) is 1.04. The summed E-state index contributed by atoms with van der Waals surface area (Å²) >= 11 is 0. The number of rotatable bonds is 5. The topological polar surface area (TPSA) is 16.4 Å². The summed E-state index contributed by atoms with van der Waals surface area (Å²) < 4.78 is 5.91. The van der Waals surface area contributed by atoms with Crippen molar-refractivity contribution in [2.45, 2.75) is 34.1 Å². The van der Waals surface area contributed by atoms with E-state index in [4.69, 9.17) is 4.42 Å². The second-order valence-electron chi connectivity index (χ2n) is 4.85. The van der Waals surface area contributed by atoms with E-state index < -0.39 is 0 Å². The van der Waals surface area contributed by atoms with Gasteiger partial charge in [-0.1, -0.05) is 32.0 Å². The Morgan fingerprint density at radius 2 is 1.79 bits per heavy atom. The number of hydrogen-bond acceptors (Lipinski definition) is 2. The Morgan fingerprint density at radius 1 is 1.11 bits per heavy atom. The van der Waals surface area contributed by atoms with Crippen molar-refractivity contribution in [3.05, 3.63) is 35.1 Å². The summed E-state index contributed by atoms with van der Waals surface area (Å²) in [4.78, 5) is 2.45. The fourth-order valence-electron chi connectivity index (χ4n) is 2.44. The van der Waals surface area contributed by atoms with Gasteiger partial charge in [0.1, 0.15) is 11.3 Å². The lowest BCUT2D eigenvalue weighted by atomic mass is 10.1. The van der Waals surface area contributed by atoms with Crippen LogP contribution in [0.1, 0.15) is 30.7 Å². The van der Waals surface area contributed by atoms with E-state index in [1.165, 1.54) is 16.5 Å². The van der Waals surface area contributed by atoms with Gasteiger partial charge in [-0.15, -0.1) is 12.4 Å². The molecule has 0 N–H and O–H groups in total. The van der Waals surface area contributed by atoms with Crippen LogP contribution < -0.4 is 0 Å². The lowest BCUT2D eigenvalue weighted by Crippen LogP contribution is -2.25. The van der Waals surface area contributed by atoms with Crippen molar-refractivity contribution in [3.63, 3.8) is 0 Å². The van der Waals surface area contributed by atoms with Gasteiger partial charge < -0.3 is 9.32 Å². The van der Waals surface area contributed by atoms with E-state index >= 15 is 0 Å². The molecule has 0 atom stereocenters. The standard InChI is InChI=1S/C16H23NO.ClH/c1-5-17(6-2)11-10-14-8-7-9-15-12(3)13(4)18-16(14)15;/h7-9H,5-6,10-11H2,1-4H3;1H. The van der Waals surface area contributed by atoms with Crippen LogP contribution in [-0.2, 0) is 6.42 Å². The van der Waals surface area contributed by atoms with E-state index in [-0.39, 0.29) is 12.4 Å². The fourth-order valence-corrected chi connectivity index (χ4v) is 2.44. The molecule has 0 saturated carbocycles. The maximum Gasteiger partial charge on any atom is 0.137 e. The minimum absolute atomic E-state index is 0. The van der Waals surface area contributed by atoms with Gasteiger partial charge in [0, 0.05) is 11.9 Å². The van der Waals surface area contributed by atoms with Crippen molar-refractivity contribution in [3.8, 4) is 0 Å². The van der Waals surface area contributed by atoms with Gasteiger partial charge in [0.15, 0.2) is 0 Å². The first kappa shape index (κ1) is 16.1. The molecule has 0 amide bonds. The largest absolute Gasteiger partial charge is 0.461 e. The van der Waals surface area contributed by atoms with E-state index in [0.29, 0.717) is 0 Å². The zero-order valence-electron chi connectivity index (χ0n) is 12.3. The zero-order valence-corrected chi connectivity index (χ0v) is 13.1. The minimum atomic E-state index is 0. The van der Waals surface area contributed by atoms with Crippen LogP contribution in [0.5, 0.6) is 0 Å². The number of para-hydroxylation sites is 1. The Balaban J connectivity index is 0.00000180. The summed E-state index contributed by atoms with van der Waals surface area (Å²) in [6.45, 7) is 11.9. The Hall–Kier alpha value is -0.990. The van der Waals surface area contributed by atoms with Crippen molar-refractivity contribution in [2.24, 2.45) is 0 Å². The van der Waals surface area contributed by atoms with Crippen LogP contribution in [0.2, 0.25) is 0 Å². The third-order valence-corrected chi connectivity index (χ3v) is 3.88. The lowest BCUT2D eigenvalue weighted by Gasteiger charge is -2.17. The molecule has 1 aromatic heterocycles. The van der Waals surface area contributed by atoms with Gasteiger partial charge in [-0.3, -0.25) is 0 Å². The maximum atomic E-state index is 5.91. The zero-order chi connectivity index (χ0) is 13.1. The highest BCUT2D eigenvalue weighted by Gasteiger charge is 2.11. The monoisotopic (exact) mass is 281 g/mol. The third-order valence-electron chi connectivity index (χ3n) is 3.88. The number of nitrogens with zero attached hydrogens (tertiary/aromatic N) is 1. The Bertz CT molecular complexity index is 529. The van der Waals surface area contributed by atoms with E-state index in [1.54, 1.807) is 0 Å². The van der Waals surface area contributed by atoms with E-state index in [0.717, 1.165) is 37.4 Å². The number of halogens is 1. The van der Waals surface area contributed by atoms with Gasteiger partial charge in [0.05, 0.1) is 0 Å². The van der Waals surface area contributed by atoms with Crippen LogP contribution in [0.25, 0.3) is 11.0 Å². The molecule has 0 bridgehead atoms. The summed E-state index contributed by atoms with van der Waals surface area (Å²) in [6.07, 6.45) is 1.06. The highest BCUT2D eigenvalue weighted by molar-refractivity contribution is 5.85. The Kier molecular flexibility index (Phi) is 5.89. The number of benzene rings is 1. The highest BCUT2D eigenvalue weighted by Crippen LogP contribution is 2.27. The van der Waals surface area contributed by atoms with Crippen LogP contribution in [0.3, 0.4) is 0 Å². The van der Waals surface area contributed by atoms with Crippen LogP contribution in [0.15, 0.2) is 22.6 Å². The van der Waals surface area contributed by atoms with Gasteiger partial charge >= 0.3 is 0 Å². The second-order valence-corrected chi connectivity index (χ2v) is 4.85. The predicted molar refractivity (Wildman–Crippen MR) is 84.4 cm³/mol. The fraction of sp³-hybridized carbons (Fsp3) is 0.500. The number of aryl methyl sites for hydroxylation is 2. The molecule has 0 fully saturated rings. The summed E-state index contributed by atoms with van der Waals surface area (Å²) in [5.41, 5.74) is 3.69. The number of likely N-dealkylation sites (N-methyl/N-ethyl adjacent to an activating group) is 1. The molecule has 0 spiro atoms. The van der Waals surface area contributed by atoms with E-state index in [1.807, 2.05) is 6.92 Å². The average molecular weight is 282 g/mol. The number of hydrogen-bond donors (Lipinski definition) is 0. The SMILES string of the molecule is CCN(CC)CCc1cccc2c(C)c(C)oc12.Cl. The maximum absolute atomic E-state index is 5.91. The molecule has 0 saturated heterocycles. The Labute approximate surface area is 122 Å². The van der Waals surface area contributed by atoms with Crippen molar-refractivity contribution < 1.29 is 4.42 Å². The molecular formula is C16H24ClNO. The quantitative estimate of drug-likeness (QED) is 0.810. The van der Waals surface area contributed by atoms with Gasteiger partial charge in [0.2, 0.25) is 0 Å². The van der Waals surface area contributed by atoms with Crippen molar-refractivity contribution >= 4 is 23.4 Å². The van der Waals surface area contributed by atoms with Gasteiger partial charge in [0.25, 0.3) is 0 Å². The molecule has 3 heteroatoms. The van der Waals surface area contributed by atoms with Crippen LogP contribution in [0, 0.1) is 13.8 Å². The molecule has 1 aromatic carbocycles. The molecule has 2 aromatic rings. The third kappa shape index (κ3) is 3.31. The molecule has 0 aliphatic heterocycles. The first-order chi connectivity index (χ1) is 8.67. The smallest absolute Gasteiger partial charge is 0.137 e. The number of furan rings is 1. The first-order valence-corrected chi connectivity index (χ1v) is 6.87. The van der Waals surface area contributed by atoms with Crippen molar-refractivity contribution in [1.29, 1.82) is 0 Å². The van der Waals surface area contributed by atoms with E-state index in [9.17, 15) is 0 Å². The highest BCUT2D eigenvalue weighted by atomic mass is 35.5. The molecule has 1 heterocycles. The van der Waals surface area contributed by atoms with Gasteiger partial charge in [-0.25, -0.2) is 0 Å². The number of fused-ring (bicyclic) bond motifs is 1. The van der Waals surface area contributed by atoms with Gasteiger partial charge in [-0.2, -0.15) is 0 Å². The second kappa shape index (κ2) is 6.97. The summed E-state index contributed by atoms with van der Waals surface area (Å²) in [6, 6.07) is 6.48. The van der Waals surface area contributed by atoms with E-state index in [2.05, 4.69) is 43.9 Å². The normalized spacial score (nSPS) is 11.0. The molecule has 0 aliphatic rings. The average Bonchev–Trinajstić information content (AvgIpc) is 2.68. The molecule has 2 rings (SSSR count). The van der Waals surface area contributed by atoms with Crippen molar-refractivity contribution in [1.82, 2.24) is 4.90 Å². The molecule has 0 radical (unpaired) electrons. The lowest BCUT2D eigenvalue weighted by molar-refractivity contribution is 0.308. The molecule has 0 unspecified atom stereocenters. The molecular weight excluding hydrogens is 258 g/mol. The predicted octanol–water partition coefficient (Wildman–Crippen LogP) is 4.36. The molecule has 106 valence electrons. The summed E-state index contributed by atoms with van der Waals surface area (Å²) in [7, 11) is 0. The molecule has 2 nitrogen and oxygen atoms in total.